The predicted octanol–water partition coefficient (Wildman–Crippen LogP) is 3.31. The molecule has 22 heavy (non-hydrogen) atoms. The molecule has 0 radical (unpaired) electrons. The molecule has 1 atom stereocenters. The molecule has 1 fully saturated rings. The lowest BCUT2D eigenvalue weighted by atomic mass is 10.1. The summed E-state index contributed by atoms with van der Waals surface area (Å²) in [7, 11) is 0. The van der Waals surface area contributed by atoms with Crippen LogP contribution in [0.1, 0.15) is 36.9 Å². The summed E-state index contributed by atoms with van der Waals surface area (Å²) in [5, 5.41) is 6.21. The van der Waals surface area contributed by atoms with E-state index >= 15 is 0 Å². The molecule has 2 N–H and O–H groups in total. The van der Waals surface area contributed by atoms with E-state index in [0.29, 0.717) is 5.95 Å². The van der Waals surface area contributed by atoms with Gasteiger partial charge in [-0.25, -0.2) is 9.97 Å². The summed E-state index contributed by atoms with van der Waals surface area (Å²) in [5.41, 5.74) is 3.00. The summed E-state index contributed by atoms with van der Waals surface area (Å²) in [6.45, 7) is 4.02. The molecule has 0 saturated heterocycles. The van der Waals surface area contributed by atoms with Crippen molar-refractivity contribution in [3.8, 4) is 0 Å². The zero-order valence-electron chi connectivity index (χ0n) is 12.8. The summed E-state index contributed by atoms with van der Waals surface area (Å²) in [4.78, 5) is 20.2. The summed E-state index contributed by atoms with van der Waals surface area (Å²) < 4.78 is 0. The summed E-state index contributed by atoms with van der Waals surface area (Å²) in [5.74, 6) is 0.968. The first kappa shape index (κ1) is 14.5. The van der Waals surface area contributed by atoms with Crippen LogP contribution in [0.15, 0.2) is 36.7 Å². The van der Waals surface area contributed by atoms with Crippen LogP contribution in [0.4, 0.5) is 11.6 Å². The van der Waals surface area contributed by atoms with Crippen molar-refractivity contribution in [3.63, 3.8) is 0 Å². The van der Waals surface area contributed by atoms with Crippen molar-refractivity contribution in [1.82, 2.24) is 9.97 Å². The van der Waals surface area contributed by atoms with Gasteiger partial charge in [-0.05, 0) is 49.9 Å². The molecule has 1 amide bonds. The average Bonchev–Trinajstić information content (AvgIpc) is 3.35. The second kappa shape index (κ2) is 6.13. The molecule has 1 saturated carbocycles. The number of amides is 1. The van der Waals surface area contributed by atoms with E-state index < -0.39 is 0 Å². The number of nitrogens with one attached hydrogen (secondary N) is 2. The number of rotatable bonds is 5. The minimum absolute atomic E-state index is 0.0934. The molecule has 1 heterocycles. The largest absolute Gasteiger partial charge is 0.348 e. The molecule has 2 aromatic rings. The monoisotopic (exact) mass is 296 g/mol. The van der Waals surface area contributed by atoms with Gasteiger partial charge in [0, 0.05) is 24.0 Å². The lowest BCUT2D eigenvalue weighted by molar-refractivity contribution is -0.117. The Balaban J connectivity index is 1.61. The molecule has 0 bridgehead atoms. The highest BCUT2D eigenvalue weighted by Gasteiger charge is 2.29. The van der Waals surface area contributed by atoms with Crippen LogP contribution in [0.5, 0.6) is 0 Å². The molecule has 3 rings (SSSR count). The third-order valence-electron chi connectivity index (χ3n) is 3.75. The second-order valence-corrected chi connectivity index (χ2v) is 5.84. The Labute approximate surface area is 130 Å². The Hall–Kier alpha value is -2.43. The van der Waals surface area contributed by atoms with Crippen molar-refractivity contribution in [1.29, 1.82) is 0 Å². The Kier molecular flexibility index (Phi) is 4.04. The number of hydrogen-bond acceptors (Lipinski definition) is 4. The highest BCUT2D eigenvalue weighted by Crippen LogP contribution is 2.30. The Morgan fingerprint density at radius 2 is 1.82 bits per heavy atom. The van der Waals surface area contributed by atoms with Crippen molar-refractivity contribution >= 4 is 17.5 Å². The SMILES string of the molecule is Cc1cnc(NC(C)c2ccc(NC(=O)C3CC3)cc2)nc1. The van der Waals surface area contributed by atoms with Gasteiger partial charge in [0.1, 0.15) is 0 Å². The smallest absolute Gasteiger partial charge is 0.227 e. The number of aryl methyl sites for hydroxylation is 1. The molecule has 1 aromatic heterocycles. The first-order valence-corrected chi connectivity index (χ1v) is 7.58. The van der Waals surface area contributed by atoms with Crippen molar-refractivity contribution in [2.45, 2.75) is 32.7 Å². The lowest BCUT2D eigenvalue weighted by Gasteiger charge is -2.15. The van der Waals surface area contributed by atoms with Gasteiger partial charge in [0.25, 0.3) is 0 Å². The lowest BCUT2D eigenvalue weighted by Crippen LogP contribution is -2.13. The topological polar surface area (TPSA) is 66.9 Å². The van der Waals surface area contributed by atoms with Gasteiger partial charge in [-0.15, -0.1) is 0 Å². The van der Waals surface area contributed by atoms with E-state index in [1.807, 2.05) is 31.2 Å². The minimum Gasteiger partial charge on any atom is -0.348 e. The normalized spacial score (nSPS) is 15.2. The van der Waals surface area contributed by atoms with Gasteiger partial charge in [-0.3, -0.25) is 4.79 Å². The number of anilines is 2. The van der Waals surface area contributed by atoms with Crippen LogP contribution in [0.25, 0.3) is 0 Å². The molecule has 5 heteroatoms. The molecular weight excluding hydrogens is 276 g/mol. The first-order valence-electron chi connectivity index (χ1n) is 7.58. The van der Waals surface area contributed by atoms with Gasteiger partial charge in [0.2, 0.25) is 11.9 Å². The van der Waals surface area contributed by atoms with Crippen molar-refractivity contribution in [2.75, 3.05) is 10.6 Å². The fourth-order valence-electron chi connectivity index (χ4n) is 2.19. The number of aromatic nitrogens is 2. The highest BCUT2D eigenvalue weighted by molar-refractivity contribution is 5.94. The van der Waals surface area contributed by atoms with Gasteiger partial charge in [0.15, 0.2) is 0 Å². The molecule has 5 nitrogen and oxygen atoms in total. The number of carbonyl (C=O) groups excluding carboxylic acids is 1. The van der Waals surface area contributed by atoms with Gasteiger partial charge < -0.3 is 10.6 Å². The molecule has 0 spiro atoms. The number of carbonyl (C=O) groups is 1. The number of nitrogens with zero attached hydrogens (tertiary/aromatic N) is 2. The van der Waals surface area contributed by atoms with E-state index in [0.717, 1.165) is 29.7 Å². The zero-order chi connectivity index (χ0) is 15.5. The molecule has 1 aliphatic rings. The van der Waals surface area contributed by atoms with E-state index in [1.54, 1.807) is 12.4 Å². The van der Waals surface area contributed by atoms with Gasteiger partial charge in [-0.2, -0.15) is 0 Å². The first-order chi connectivity index (χ1) is 10.6. The third-order valence-corrected chi connectivity index (χ3v) is 3.75. The van der Waals surface area contributed by atoms with Crippen LogP contribution in [-0.2, 0) is 4.79 Å². The van der Waals surface area contributed by atoms with Crippen molar-refractivity contribution < 1.29 is 4.79 Å². The molecule has 0 aliphatic heterocycles. The Bertz CT molecular complexity index is 647. The fraction of sp³-hybridized carbons (Fsp3) is 0.353. The average molecular weight is 296 g/mol. The van der Waals surface area contributed by atoms with E-state index in [-0.39, 0.29) is 17.9 Å². The second-order valence-electron chi connectivity index (χ2n) is 5.84. The molecule has 1 unspecified atom stereocenters. The van der Waals surface area contributed by atoms with Crippen LogP contribution >= 0.6 is 0 Å². The van der Waals surface area contributed by atoms with E-state index in [4.69, 9.17) is 0 Å². The standard InChI is InChI=1S/C17H20N4O/c1-11-9-18-17(19-10-11)20-12(2)13-5-7-15(8-6-13)21-16(22)14-3-4-14/h5-10,12,14H,3-4H2,1-2H3,(H,21,22)(H,18,19,20). The van der Waals surface area contributed by atoms with Gasteiger partial charge in [0.05, 0.1) is 6.04 Å². The van der Waals surface area contributed by atoms with E-state index in [9.17, 15) is 4.79 Å². The maximum absolute atomic E-state index is 11.7. The minimum atomic E-state index is 0.0934. The van der Waals surface area contributed by atoms with Crippen molar-refractivity contribution in [3.05, 3.63) is 47.8 Å². The predicted molar refractivity (Wildman–Crippen MR) is 86.6 cm³/mol. The fourth-order valence-corrected chi connectivity index (χ4v) is 2.19. The molecule has 1 aliphatic carbocycles. The third kappa shape index (κ3) is 3.61. The maximum atomic E-state index is 11.7. The summed E-state index contributed by atoms with van der Waals surface area (Å²) in [6.07, 6.45) is 5.61. The summed E-state index contributed by atoms with van der Waals surface area (Å²) in [6, 6.07) is 7.98. The van der Waals surface area contributed by atoms with Gasteiger partial charge in [-0.1, -0.05) is 12.1 Å². The number of benzene rings is 1. The Morgan fingerprint density at radius 3 is 2.41 bits per heavy atom. The van der Waals surface area contributed by atoms with E-state index in [2.05, 4.69) is 27.5 Å². The zero-order valence-corrected chi connectivity index (χ0v) is 12.8. The quantitative estimate of drug-likeness (QED) is 0.888. The molecule has 1 aromatic carbocycles. The van der Waals surface area contributed by atoms with Gasteiger partial charge >= 0.3 is 0 Å². The van der Waals surface area contributed by atoms with E-state index in [1.165, 1.54) is 0 Å². The highest BCUT2D eigenvalue weighted by atomic mass is 16.2. The number of hydrogen-bond donors (Lipinski definition) is 2. The van der Waals surface area contributed by atoms with Crippen LogP contribution in [0.3, 0.4) is 0 Å². The Morgan fingerprint density at radius 1 is 1.18 bits per heavy atom. The van der Waals surface area contributed by atoms with Crippen LogP contribution < -0.4 is 10.6 Å². The van der Waals surface area contributed by atoms with Crippen LogP contribution in [0, 0.1) is 12.8 Å². The maximum Gasteiger partial charge on any atom is 0.227 e. The molecule has 114 valence electrons. The van der Waals surface area contributed by atoms with Crippen LogP contribution in [0.2, 0.25) is 0 Å². The van der Waals surface area contributed by atoms with Crippen LogP contribution in [-0.4, -0.2) is 15.9 Å². The summed E-state index contributed by atoms with van der Waals surface area (Å²) >= 11 is 0. The van der Waals surface area contributed by atoms with Crippen molar-refractivity contribution in [2.24, 2.45) is 5.92 Å². The molecular formula is C17H20N4O.